The van der Waals surface area contributed by atoms with Gasteiger partial charge in [-0.1, -0.05) is 17.7 Å². The van der Waals surface area contributed by atoms with Crippen LogP contribution in [0.15, 0.2) is 30.5 Å². The minimum Gasteiger partial charge on any atom is -0.496 e. The molecule has 0 saturated carbocycles. The molecule has 2 heterocycles. The van der Waals surface area contributed by atoms with Crippen molar-refractivity contribution < 1.29 is 4.74 Å². The maximum absolute atomic E-state index is 6.39. The number of fused-ring (bicyclic) bond motifs is 1. The molecule has 0 fully saturated rings. The quantitative estimate of drug-likeness (QED) is 0.691. The Labute approximate surface area is 140 Å². The molecule has 0 aliphatic carbocycles. The third kappa shape index (κ3) is 2.70. The predicted octanol–water partition coefficient (Wildman–Crippen LogP) is 4.96. The van der Waals surface area contributed by atoms with Crippen molar-refractivity contribution in [3.63, 3.8) is 0 Å². The maximum atomic E-state index is 6.39. The SMILES string of the molecule is COc1ccc(C)c(Nc2c(Cl)nc(C)c3cccnc23)c1C. The van der Waals surface area contributed by atoms with Crippen molar-refractivity contribution >= 4 is 33.9 Å². The Morgan fingerprint density at radius 3 is 2.61 bits per heavy atom. The monoisotopic (exact) mass is 327 g/mol. The number of benzene rings is 1. The van der Waals surface area contributed by atoms with Crippen LogP contribution < -0.4 is 10.1 Å². The van der Waals surface area contributed by atoms with Crippen LogP contribution in [0.3, 0.4) is 0 Å². The Balaban J connectivity index is 2.20. The lowest BCUT2D eigenvalue weighted by atomic mass is 10.1. The Kier molecular flexibility index (Phi) is 4.09. The van der Waals surface area contributed by atoms with E-state index in [1.165, 1.54) is 0 Å². The number of pyridine rings is 2. The van der Waals surface area contributed by atoms with E-state index in [2.05, 4.69) is 15.3 Å². The van der Waals surface area contributed by atoms with Gasteiger partial charge in [0.15, 0.2) is 5.15 Å². The topological polar surface area (TPSA) is 47.0 Å². The molecular formula is C18H18ClN3O. The summed E-state index contributed by atoms with van der Waals surface area (Å²) in [7, 11) is 1.67. The van der Waals surface area contributed by atoms with Gasteiger partial charge in [0.1, 0.15) is 11.4 Å². The first kappa shape index (κ1) is 15.6. The zero-order valence-corrected chi connectivity index (χ0v) is 14.3. The lowest BCUT2D eigenvalue weighted by Gasteiger charge is -2.17. The second-order valence-corrected chi connectivity index (χ2v) is 5.83. The summed E-state index contributed by atoms with van der Waals surface area (Å²) in [4.78, 5) is 8.91. The fourth-order valence-corrected chi connectivity index (χ4v) is 3.00. The highest BCUT2D eigenvalue weighted by atomic mass is 35.5. The fourth-order valence-electron chi connectivity index (χ4n) is 2.73. The van der Waals surface area contributed by atoms with Crippen molar-refractivity contribution in [1.29, 1.82) is 0 Å². The minimum atomic E-state index is 0.412. The maximum Gasteiger partial charge on any atom is 0.155 e. The Morgan fingerprint density at radius 1 is 1.09 bits per heavy atom. The molecule has 2 aromatic heterocycles. The van der Waals surface area contributed by atoms with Crippen LogP contribution in [0.4, 0.5) is 11.4 Å². The van der Waals surface area contributed by atoms with Crippen LogP contribution in [0, 0.1) is 20.8 Å². The summed E-state index contributed by atoms with van der Waals surface area (Å²) in [5.41, 5.74) is 5.47. The Hall–Kier alpha value is -2.33. The van der Waals surface area contributed by atoms with Crippen molar-refractivity contribution in [2.24, 2.45) is 0 Å². The largest absolute Gasteiger partial charge is 0.496 e. The average Bonchev–Trinajstić information content (AvgIpc) is 2.54. The summed E-state index contributed by atoms with van der Waals surface area (Å²) in [5, 5.41) is 4.81. The molecule has 0 radical (unpaired) electrons. The van der Waals surface area contributed by atoms with Gasteiger partial charge in [-0.05, 0) is 44.5 Å². The van der Waals surface area contributed by atoms with E-state index in [0.29, 0.717) is 10.8 Å². The third-order valence-electron chi connectivity index (χ3n) is 4.00. The van der Waals surface area contributed by atoms with Gasteiger partial charge >= 0.3 is 0 Å². The summed E-state index contributed by atoms with van der Waals surface area (Å²) in [6, 6.07) is 7.87. The molecule has 0 amide bonds. The van der Waals surface area contributed by atoms with Crippen molar-refractivity contribution in [3.8, 4) is 5.75 Å². The van der Waals surface area contributed by atoms with Gasteiger partial charge in [0.25, 0.3) is 0 Å². The van der Waals surface area contributed by atoms with E-state index < -0.39 is 0 Å². The highest BCUT2D eigenvalue weighted by molar-refractivity contribution is 6.33. The lowest BCUT2D eigenvalue weighted by molar-refractivity contribution is 0.412. The van der Waals surface area contributed by atoms with Crippen LogP contribution in [-0.2, 0) is 0 Å². The van der Waals surface area contributed by atoms with E-state index in [1.807, 2.05) is 45.0 Å². The second kappa shape index (κ2) is 6.05. The first-order chi connectivity index (χ1) is 11.0. The standard InChI is InChI=1S/C18H18ClN3O/c1-10-7-8-14(23-4)11(2)15(10)22-17-16-13(6-5-9-20-16)12(3)21-18(17)19/h5-9,22H,1-4H3. The van der Waals surface area contributed by atoms with Crippen LogP contribution in [0.1, 0.15) is 16.8 Å². The first-order valence-corrected chi connectivity index (χ1v) is 7.72. The number of hydrogen-bond acceptors (Lipinski definition) is 4. The number of ether oxygens (including phenoxy) is 1. The molecule has 3 rings (SSSR count). The second-order valence-electron chi connectivity index (χ2n) is 5.47. The van der Waals surface area contributed by atoms with Crippen molar-refractivity contribution in [1.82, 2.24) is 9.97 Å². The number of aryl methyl sites for hydroxylation is 2. The summed E-state index contributed by atoms with van der Waals surface area (Å²) >= 11 is 6.39. The van der Waals surface area contributed by atoms with Crippen molar-refractivity contribution in [3.05, 3.63) is 52.4 Å². The van der Waals surface area contributed by atoms with Gasteiger partial charge in [0, 0.05) is 28.5 Å². The molecule has 0 bridgehead atoms. The number of hydrogen-bond donors (Lipinski definition) is 1. The molecule has 0 aliphatic rings. The van der Waals surface area contributed by atoms with Gasteiger partial charge in [0.2, 0.25) is 0 Å². The van der Waals surface area contributed by atoms with Crippen LogP contribution in [0.5, 0.6) is 5.75 Å². The Bertz CT molecular complexity index is 893. The highest BCUT2D eigenvalue weighted by Crippen LogP contribution is 2.36. The number of anilines is 2. The zero-order valence-electron chi connectivity index (χ0n) is 13.6. The van der Waals surface area contributed by atoms with Gasteiger partial charge in [-0.25, -0.2) is 4.98 Å². The van der Waals surface area contributed by atoms with E-state index in [-0.39, 0.29) is 0 Å². The minimum absolute atomic E-state index is 0.412. The smallest absolute Gasteiger partial charge is 0.155 e. The molecule has 1 aromatic carbocycles. The van der Waals surface area contributed by atoms with Crippen LogP contribution >= 0.6 is 11.6 Å². The zero-order chi connectivity index (χ0) is 16.6. The molecule has 0 saturated heterocycles. The molecule has 0 aliphatic heterocycles. The van der Waals surface area contributed by atoms with Crippen LogP contribution in [0.2, 0.25) is 5.15 Å². The van der Waals surface area contributed by atoms with Crippen molar-refractivity contribution in [2.45, 2.75) is 20.8 Å². The van der Waals surface area contributed by atoms with Crippen LogP contribution in [0.25, 0.3) is 10.9 Å². The van der Waals surface area contributed by atoms with Gasteiger partial charge in [0.05, 0.1) is 12.6 Å². The molecular weight excluding hydrogens is 310 g/mol. The van der Waals surface area contributed by atoms with Gasteiger partial charge < -0.3 is 10.1 Å². The molecule has 0 unspecified atom stereocenters. The summed E-state index contributed by atoms with van der Waals surface area (Å²) in [5.74, 6) is 0.826. The van der Waals surface area contributed by atoms with Crippen LogP contribution in [-0.4, -0.2) is 17.1 Å². The Morgan fingerprint density at radius 2 is 1.87 bits per heavy atom. The molecule has 4 nitrogen and oxygen atoms in total. The molecule has 23 heavy (non-hydrogen) atoms. The third-order valence-corrected chi connectivity index (χ3v) is 4.27. The van der Waals surface area contributed by atoms with Crippen molar-refractivity contribution in [2.75, 3.05) is 12.4 Å². The number of halogens is 1. The molecule has 0 atom stereocenters. The first-order valence-electron chi connectivity index (χ1n) is 7.35. The molecule has 118 valence electrons. The number of rotatable bonds is 3. The molecule has 3 aromatic rings. The summed E-state index contributed by atoms with van der Waals surface area (Å²) in [6.45, 7) is 5.99. The normalized spacial score (nSPS) is 10.8. The van der Waals surface area contributed by atoms with E-state index >= 15 is 0 Å². The van der Waals surface area contributed by atoms with E-state index in [4.69, 9.17) is 16.3 Å². The van der Waals surface area contributed by atoms with Gasteiger partial charge in [-0.3, -0.25) is 4.98 Å². The number of methoxy groups -OCH3 is 1. The molecule has 1 N–H and O–H groups in total. The number of aromatic nitrogens is 2. The lowest BCUT2D eigenvalue weighted by Crippen LogP contribution is -2.02. The van der Waals surface area contributed by atoms with E-state index in [9.17, 15) is 0 Å². The number of nitrogens with zero attached hydrogens (tertiary/aromatic N) is 2. The highest BCUT2D eigenvalue weighted by Gasteiger charge is 2.15. The summed E-state index contributed by atoms with van der Waals surface area (Å²) < 4.78 is 5.41. The predicted molar refractivity (Wildman–Crippen MR) is 95.0 cm³/mol. The van der Waals surface area contributed by atoms with E-state index in [1.54, 1.807) is 13.3 Å². The number of nitrogens with one attached hydrogen (secondary N) is 1. The average molecular weight is 328 g/mol. The molecule has 5 heteroatoms. The fraction of sp³-hybridized carbons (Fsp3) is 0.222. The molecule has 0 spiro atoms. The van der Waals surface area contributed by atoms with Gasteiger partial charge in [-0.2, -0.15) is 0 Å². The van der Waals surface area contributed by atoms with E-state index in [0.717, 1.165) is 39.2 Å². The summed E-state index contributed by atoms with van der Waals surface area (Å²) in [6.07, 6.45) is 1.76. The van der Waals surface area contributed by atoms with Gasteiger partial charge in [-0.15, -0.1) is 0 Å².